The summed E-state index contributed by atoms with van der Waals surface area (Å²) in [7, 11) is -4.26. The van der Waals surface area contributed by atoms with Crippen LogP contribution in [0.25, 0.3) is 0 Å². The van der Waals surface area contributed by atoms with Crippen LogP contribution in [-0.2, 0) is 24.3 Å². The molecule has 4 bridgehead atoms. The number of hydrogen-bond donors (Lipinski definition) is 1. The zero-order valence-electron chi connectivity index (χ0n) is 28.1. The SMILES string of the molecule is CC(C)(C)OC(=O)N1CCCC2(COC/C=C\CN(c3ccc(Cl)cc3)S(=O)(=O)c3cc(ccc3Cl)C(=O)N[C@H]3CCCCN(C3)C2=O)C1. The minimum atomic E-state index is -4.26. The quantitative estimate of drug-likeness (QED) is 0.362. The number of amides is 3. The number of ether oxygens (including phenoxy) is 2. The van der Waals surface area contributed by atoms with E-state index < -0.39 is 33.0 Å². The zero-order chi connectivity index (χ0) is 35.4. The molecular weight excluding hydrogens is 691 g/mol. The van der Waals surface area contributed by atoms with Crippen molar-refractivity contribution in [1.82, 2.24) is 15.1 Å². The Morgan fingerprint density at radius 3 is 2.51 bits per heavy atom. The first kappa shape index (κ1) is 36.9. The van der Waals surface area contributed by atoms with Crippen molar-refractivity contribution in [2.75, 3.05) is 50.2 Å². The summed E-state index contributed by atoms with van der Waals surface area (Å²) >= 11 is 12.6. The molecule has 3 aliphatic rings. The van der Waals surface area contributed by atoms with Gasteiger partial charge >= 0.3 is 6.09 Å². The van der Waals surface area contributed by atoms with Gasteiger partial charge in [-0.05, 0) is 95.3 Å². The largest absolute Gasteiger partial charge is 0.444 e. The van der Waals surface area contributed by atoms with Crippen molar-refractivity contribution in [2.24, 2.45) is 5.41 Å². The van der Waals surface area contributed by atoms with Crippen LogP contribution in [0.5, 0.6) is 0 Å². The van der Waals surface area contributed by atoms with Gasteiger partial charge in [-0.1, -0.05) is 35.4 Å². The molecule has 11 nitrogen and oxygen atoms in total. The highest BCUT2D eigenvalue weighted by molar-refractivity contribution is 7.93. The van der Waals surface area contributed by atoms with Gasteiger partial charge in [0, 0.05) is 42.8 Å². The molecule has 266 valence electrons. The summed E-state index contributed by atoms with van der Waals surface area (Å²) in [5, 5.41) is 3.45. The maximum Gasteiger partial charge on any atom is 0.410 e. The fraction of sp³-hybridized carbons (Fsp3) is 0.514. The second-order valence-electron chi connectivity index (χ2n) is 13.8. The molecule has 0 aliphatic carbocycles. The van der Waals surface area contributed by atoms with Crippen molar-refractivity contribution in [2.45, 2.75) is 69.4 Å². The Morgan fingerprint density at radius 2 is 1.78 bits per heavy atom. The Morgan fingerprint density at radius 1 is 1.02 bits per heavy atom. The van der Waals surface area contributed by atoms with E-state index in [1.807, 2.05) is 0 Å². The number of fused-ring (bicyclic) bond motifs is 4. The number of sulfonamides is 1. The van der Waals surface area contributed by atoms with Crippen molar-refractivity contribution in [3.63, 3.8) is 0 Å². The first-order valence-corrected chi connectivity index (χ1v) is 18.8. The summed E-state index contributed by atoms with van der Waals surface area (Å²) < 4.78 is 41.3. The normalized spacial score (nSPS) is 24.8. The van der Waals surface area contributed by atoms with Crippen LogP contribution in [0.3, 0.4) is 0 Å². The van der Waals surface area contributed by atoms with Crippen LogP contribution >= 0.6 is 23.2 Å². The van der Waals surface area contributed by atoms with Crippen LogP contribution in [-0.4, -0.2) is 93.7 Å². The van der Waals surface area contributed by atoms with Crippen molar-refractivity contribution in [3.05, 3.63) is 70.2 Å². The lowest BCUT2D eigenvalue weighted by atomic mass is 9.79. The van der Waals surface area contributed by atoms with Gasteiger partial charge < -0.3 is 24.6 Å². The van der Waals surface area contributed by atoms with Crippen LogP contribution in [0, 0.1) is 5.41 Å². The van der Waals surface area contributed by atoms with Gasteiger partial charge in [-0.25, -0.2) is 13.2 Å². The molecule has 1 spiro atoms. The molecule has 3 heterocycles. The van der Waals surface area contributed by atoms with E-state index in [9.17, 15) is 22.8 Å². The van der Waals surface area contributed by atoms with Gasteiger partial charge in [-0.2, -0.15) is 0 Å². The summed E-state index contributed by atoms with van der Waals surface area (Å²) in [6, 6.07) is 10.2. The molecule has 2 aromatic carbocycles. The first-order chi connectivity index (χ1) is 23.2. The third kappa shape index (κ3) is 8.89. The lowest BCUT2D eigenvalue weighted by Gasteiger charge is -2.44. The van der Waals surface area contributed by atoms with E-state index >= 15 is 0 Å². The lowest BCUT2D eigenvalue weighted by Crippen LogP contribution is -2.58. The molecule has 2 aromatic rings. The molecule has 2 fully saturated rings. The maximum absolute atomic E-state index is 14.5. The van der Waals surface area contributed by atoms with Crippen molar-refractivity contribution in [3.8, 4) is 0 Å². The highest BCUT2D eigenvalue weighted by Crippen LogP contribution is 2.35. The number of rotatable bonds is 1. The number of likely N-dealkylation sites (tertiary alicyclic amines) is 1. The Labute approximate surface area is 298 Å². The van der Waals surface area contributed by atoms with Crippen LogP contribution in [0.2, 0.25) is 10.0 Å². The van der Waals surface area contributed by atoms with Gasteiger partial charge in [0.25, 0.3) is 15.9 Å². The summed E-state index contributed by atoms with van der Waals surface area (Å²) in [5.41, 5.74) is -1.25. The first-order valence-electron chi connectivity index (χ1n) is 16.6. The minimum Gasteiger partial charge on any atom is -0.444 e. The standard InChI is InChI=1S/C35H44Cl2N4O7S/c1-34(2,3)48-33(44)40-18-8-16-35(23-40)24-47-20-7-6-19-41(28-13-11-26(36)12-14-28)49(45,46)30-21-25(10-15-29(30)37)31(42)38-27-9-4-5-17-39(22-27)32(35)43/h6-7,10-15,21,27H,4-5,8-9,16-20,22-24H2,1-3H3,(H,38,42)/b7-6-/t27-,35?/m0/s1. The van der Waals surface area contributed by atoms with E-state index in [-0.39, 0.29) is 60.3 Å². The zero-order valence-corrected chi connectivity index (χ0v) is 30.5. The van der Waals surface area contributed by atoms with Crippen molar-refractivity contribution in [1.29, 1.82) is 0 Å². The van der Waals surface area contributed by atoms with E-state index in [1.54, 1.807) is 67.0 Å². The number of benzene rings is 2. The second-order valence-corrected chi connectivity index (χ2v) is 16.5. The highest BCUT2D eigenvalue weighted by Gasteiger charge is 2.47. The lowest BCUT2D eigenvalue weighted by molar-refractivity contribution is -0.150. The van der Waals surface area contributed by atoms with Crippen molar-refractivity contribution >= 4 is 56.8 Å². The fourth-order valence-electron chi connectivity index (χ4n) is 6.49. The molecule has 0 aromatic heterocycles. The van der Waals surface area contributed by atoms with Gasteiger partial charge in [0.2, 0.25) is 5.91 Å². The van der Waals surface area contributed by atoms with Crippen molar-refractivity contribution < 1.29 is 32.3 Å². The number of halogens is 2. The van der Waals surface area contributed by atoms with Gasteiger partial charge in [-0.3, -0.25) is 13.9 Å². The summed E-state index contributed by atoms with van der Waals surface area (Å²) in [6.07, 6.45) is 6.13. The molecule has 0 saturated carbocycles. The summed E-state index contributed by atoms with van der Waals surface area (Å²) in [5.74, 6) is -0.598. The topological polar surface area (TPSA) is 126 Å². The van der Waals surface area contributed by atoms with E-state index in [2.05, 4.69) is 5.32 Å². The van der Waals surface area contributed by atoms with Crippen LogP contribution < -0.4 is 9.62 Å². The molecule has 2 saturated heterocycles. The number of anilines is 1. The molecular formula is C35H44Cl2N4O7S. The molecule has 3 aliphatic heterocycles. The second kappa shape index (κ2) is 15.3. The van der Waals surface area contributed by atoms with Crippen LogP contribution in [0.1, 0.15) is 63.2 Å². The van der Waals surface area contributed by atoms with Crippen LogP contribution in [0.15, 0.2) is 59.5 Å². The van der Waals surface area contributed by atoms with E-state index in [1.165, 1.54) is 22.5 Å². The molecule has 1 unspecified atom stereocenters. The smallest absolute Gasteiger partial charge is 0.410 e. The van der Waals surface area contributed by atoms with E-state index in [4.69, 9.17) is 32.7 Å². The van der Waals surface area contributed by atoms with E-state index in [0.717, 1.165) is 12.8 Å². The Bertz CT molecular complexity index is 1680. The molecule has 2 atom stereocenters. The molecule has 1 N–H and O–H groups in total. The number of carbonyl (C=O) groups is 3. The molecule has 14 heteroatoms. The minimum absolute atomic E-state index is 0.0262. The van der Waals surface area contributed by atoms with Gasteiger partial charge in [-0.15, -0.1) is 0 Å². The summed E-state index contributed by atoms with van der Waals surface area (Å²) in [4.78, 5) is 44.5. The van der Waals surface area contributed by atoms with E-state index in [0.29, 0.717) is 43.1 Å². The molecule has 5 rings (SSSR count). The third-order valence-electron chi connectivity index (χ3n) is 8.88. The summed E-state index contributed by atoms with van der Waals surface area (Å²) in [6.45, 7) is 6.84. The molecule has 0 radical (unpaired) electrons. The number of nitrogens with one attached hydrogen (secondary N) is 1. The fourth-order valence-corrected chi connectivity index (χ4v) is 8.53. The van der Waals surface area contributed by atoms with Gasteiger partial charge in [0.05, 0.1) is 35.9 Å². The monoisotopic (exact) mass is 734 g/mol. The number of hydrogen-bond acceptors (Lipinski definition) is 7. The Kier molecular flexibility index (Phi) is 11.5. The number of nitrogens with zero attached hydrogens (tertiary/aromatic N) is 3. The average molecular weight is 736 g/mol. The average Bonchev–Trinajstić information content (AvgIpc) is 3.29. The molecule has 49 heavy (non-hydrogen) atoms. The highest BCUT2D eigenvalue weighted by atomic mass is 35.5. The van der Waals surface area contributed by atoms with Gasteiger partial charge in [0.1, 0.15) is 10.5 Å². The predicted molar refractivity (Wildman–Crippen MR) is 189 cm³/mol. The third-order valence-corrected chi connectivity index (χ3v) is 11.4. The molecule has 3 amide bonds. The Balaban J connectivity index is 1.51. The van der Waals surface area contributed by atoms with Gasteiger partial charge in [0.15, 0.2) is 0 Å². The Hall–Kier alpha value is -3.32. The van der Waals surface area contributed by atoms with Crippen LogP contribution in [0.4, 0.5) is 10.5 Å². The number of piperidine rings is 1. The number of carbonyl (C=O) groups excluding carboxylic acids is 3. The predicted octanol–water partition coefficient (Wildman–Crippen LogP) is 5.90. The maximum atomic E-state index is 14.5.